The van der Waals surface area contributed by atoms with Gasteiger partial charge in [0.25, 0.3) is 5.91 Å². The Kier molecular flexibility index (Phi) is 6.82. The Labute approximate surface area is 198 Å². The number of hydrogen-bond donors (Lipinski definition) is 1. The molecule has 0 saturated carbocycles. The lowest BCUT2D eigenvalue weighted by molar-refractivity contribution is 0.102. The van der Waals surface area contributed by atoms with Gasteiger partial charge in [-0.2, -0.15) is 0 Å². The molecule has 0 radical (unpaired) electrons. The number of carbonyl (C=O) groups excluding carboxylic acids is 1. The van der Waals surface area contributed by atoms with E-state index in [1.165, 1.54) is 0 Å². The first-order valence-electron chi connectivity index (χ1n) is 10.8. The molecule has 4 rings (SSSR count). The van der Waals surface area contributed by atoms with Crippen LogP contribution in [-0.4, -0.2) is 38.8 Å². The first-order chi connectivity index (χ1) is 16.6. The van der Waals surface area contributed by atoms with Crippen LogP contribution >= 0.6 is 0 Å². The van der Waals surface area contributed by atoms with E-state index in [9.17, 15) is 4.79 Å². The van der Waals surface area contributed by atoms with Gasteiger partial charge in [-0.3, -0.25) is 4.79 Å². The van der Waals surface area contributed by atoms with Gasteiger partial charge in [0.1, 0.15) is 23.0 Å². The molecule has 174 valence electrons. The molecule has 0 aliphatic rings. The van der Waals surface area contributed by atoms with Crippen LogP contribution in [0.3, 0.4) is 0 Å². The number of carbonyl (C=O) groups is 1. The van der Waals surface area contributed by atoms with Crippen LogP contribution < -0.4 is 24.3 Å². The molecule has 0 fully saturated rings. The van der Waals surface area contributed by atoms with Crippen molar-refractivity contribution < 1.29 is 23.7 Å². The molecule has 0 spiro atoms. The quantitative estimate of drug-likeness (QED) is 0.371. The van der Waals surface area contributed by atoms with Crippen LogP contribution in [0.15, 0.2) is 66.7 Å². The predicted molar refractivity (Wildman–Crippen MR) is 132 cm³/mol. The number of hydrogen-bond acceptors (Lipinski definition) is 6. The fourth-order valence-electron chi connectivity index (χ4n) is 3.65. The van der Waals surface area contributed by atoms with Gasteiger partial charge < -0.3 is 24.3 Å². The average molecular weight is 459 g/mol. The Bertz CT molecular complexity index is 1340. The molecule has 1 aromatic heterocycles. The number of aromatic nitrogens is 1. The van der Waals surface area contributed by atoms with Crippen LogP contribution in [0.25, 0.3) is 22.2 Å². The van der Waals surface area contributed by atoms with E-state index in [1.807, 2.05) is 43.3 Å². The van der Waals surface area contributed by atoms with Crippen molar-refractivity contribution in [2.75, 3.05) is 33.3 Å². The number of anilines is 1. The average Bonchev–Trinajstić information content (AvgIpc) is 2.88. The maximum Gasteiger partial charge on any atom is 0.255 e. The lowest BCUT2D eigenvalue weighted by atomic mass is 10.1. The van der Waals surface area contributed by atoms with E-state index in [4.69, 9.17) is 23.9 Å². The molecule has 0 aliphatic carbocycles. The van der Waals surface area contributed by atoms with Crippen molar-refractivity contribution in [3.63, 3.8) is 0 Å². The van der Waals surface area contributed by atoms with E-state index in [2.05, 4.69) is 5.32 Å². The van der Waals surface area contributed by atoms with Gasteiger partial charge in [-0.05, 0) is 49.4 Å². The number of pyridine rings is 1. The minimum Gasteiger partial charge on any atom is -0.497 e. The van der Waals surface area contributed by atoms with Crippen LogP contribution in [0.1, 0.15) is 17.3 Å². The smallest absolute Gasteiger partial charge is 0.255 e. The molecule has 7 nitrogen and oxygen atoms in total. The molecule has 1 N–H and O–H groups in total. The van der Waals surface area contributed by atoms with Crippen molar-refractivity contribution in [1.82, 2.24) is 4.98 Å². The zero-order chi connectivity index (χ0) is 24.1. The summed E-state index contributed by atoms with van der Waals surface area (Å²) in [7, 11) is 4.75. The van der Waals surface area contributed by atoms with Crippen molar-refractivity contribution in [3.05, 3.63) is 72.3 Å². The largest absolute Gasteiger partial charge is 0.497 e. The first-order valence-corrected chi connectivity index (χ1v) is 10.8. The third kappa shape index (κ3) is 4.73. The number of rotatable bonds is 8. The van der Waals surface area contributed by atoms with E-state index >= 15 is 0 Å². The molecular weight excluding hydrogens is 432 g/mol. The summed E-state index contributed by atoms with van der Waals surface area (Å²) in [5.41, 5.74) is 3.37. The summed E-state index contributed by atoms with van der Waals surface area (Å²) in [5, 5.41) is 3.65. The second-order valence-electron chi connectivity index (χ2n) is 7.42. The summed E-state index contributed by atoms with van der Waals surface area (Å²) < 4.78 is 21.9. The highest BCUT2D eigenvalue weighted by Crippen LogP contribution is 2.33. The standard InChI is InChI=1S/C27H26N2O5/c1-5-34-26-16-23(17-7-6-8-19(13-17)31-2)28-22-11-9-18(14-21(22)26)27(30)29-24-15-20(32-3)10-12-25(24)33-4/h6-16H,5H2,1-4H3,(H,29,30). The summed E-state index contributed by atoms with van der Waals surface area (Å²) in [4.78, 5) is 17.9. The Morgan fingerprint density at radius 1 is 0.853 bits per heavy atom. The Balaban J connectivity index is 1.72. The molecule has 0 saturated heterocycles. The van der Waals surface area contributed by atoms with Gasteiger partial charge in [-0.25, -0.2) is 4.98 Å². The SMILES string of the molecule is CCOc1cc(-c2cccc(OC)c2)nc2ccc(C(=O)Nc3cc(OC)ccc3OC)cc12. The van der Waals surface area contributed by atoms with Gasteiger partial charge in [0.15, 0.2) is 0 Å². The fraction of sp³-hybridized carbons (Fsp3) is 0.185. The highest BCUT2D eigenvalue weighted by atomic mass is 16.5. The number of amides is 1. The molecule has 3 aromatic carbocycles. The molecule has 1 amide bonds. The van der Waals surface area contributed by atoms with Gasteiger partial charge in [0.05, 0.1) is 44.8 Å². The van der Waals surface area contributed by atoms with Crippen molar-refractivity contribution in [2.24, 2.45) is 0 Å². The van der Waals surface area contributed by atoms with Gasteiger partial charge in [-0.15, -0.1) is 0 Å². The number of nitrogens with zero attached hydrogens (tertiary/aromatic N) is 1. The van der Waals surface area contributed by atoms with Crippen LogP contribution in [0, 0.1) is 0 Å². The Morgan fingerprint density at radius 3 is 2.38 bits per heavy atom. The number of benzene rings is 3. The summed E-state index contributed by atoms with van der Waals surface area (Å²) in [6.07, 6.45) is 0. The van der Waals surface area contributed by atoms with Crippen LogP contribution in [0.4, 0.5) is 5.69 Å². The van der Waals surface area contributed by atoms with E-state index in [1.54, 1.807) is 51.7 Å². The topological polar surface area (TPSA) is 78.9 Å². The maximum absolute atomic E-state index is 13.1. The summed E-state index contributed by atoms with van der Waals surface area (Å²) in [6.45, 7) is 2.40. The Hall–Kier alpha value is -4.26. The van der Waals surface area contributed by atoms with Gasteiger partial charge in [0, 0.05) is 28.6 Å². The fourth-order valence-corrected chi connectivity index (χ4v) is 3.65. The molecular formula is C27H26N2O5. The molecule has 0 atom stereocenters. The van der Waals surface area contributed by atoms with Crippen molar-refractivity contribution in [2.45, 2.75) is 6.92 Å². The summed E-state index contributed by atoms with van der Waals surface area (Å²) in [6, 6.07) is 20.1. The predicted octanol–water partition coefficient (Wildman–Crippen LogP) is 5.58. The van der Waals surface area contributed by atoms with E-state index in [0.29, 0.717) is 35.1 Å². The maximum atomic E-state index is 13.1. The summed E-state index contributed by atoms with van der Waals surface area (Å²) >= 11 is 0. The van der Waals surface area contributed by atoms with E-state index in [-0.39, 0.29) is 5.91 Å². The molecule has 34 heavy (non-hydrogen) atoms. The number of fused-ring (bicyclic) bond motifs is 1. The number of nitrogens with one attached hydrogen (secondary N) is 1. The molecule has 4 aromatic rings. The van der Waals surface area contributed by atoms with Gasteiger partial charge >= 0.3 is 0 Å². The minimum absolute atomic E-state index is 0.284. The highest BCUT2D eigenvalue weighted by Gasteiger charge is 2.15. The molecule has 1 heterocycles. The van der Waals surface area contributed by atoms with Gasteiger partial charge in [-0.1, -0.05) is 12.1 Å². The molecule has 0 unspecified atom stereocenters. The van der Waals surface area contributed by atoms with E-state index < -0.39 is 0 Å². The minimum atomic E-state index is -0.284. The first kappa shape index (κ1) is 22.9. The van der Waals surface area contributed by atoms with Crippen LogP contribution in [0.5, 0.6) is 23.0 Å². The Morgan fingerprint density at radius 2 is 1.65 bits per heavy atom. The molecule has 0 aliphatic heterocycles. The highest BCUT2D eigenvalue weighted by molar-refractivity contribution is 6.07. The number of ether oxygens (including phenoxy) is 4. The van der Waals surface area contributed by atoms with Gasteiger partial charge in [0.2, 0.25) is 0 Å². The van der Waals surface area contributed by atoms with Crippen molar-refractivity contribution >= 4 is 22.5 Å². The monoisotopic (exact) mass is 458 g/mol. The lowest BCUT2D eigenvalue weighted by Crippen LogP contribution is -2.13. The molecule has 7 heteroatoms. The van der Waals surface area contributed by atoms with Crippen molar-refractivity contribution in [1.29, 1.82) is 0 Å². The van der Waals surface area contributed by atoms with Crippen molar-refractivity contribution in [3.8, 4) is 34.3 Å². The second-order valence-corrected chi connectivity index (χ2v) is 7.42. The zero-order valence-corrected chi connectivity index (χ0v) is 19.5. The lowest BCUT2D eigenvalue weighted by Gasteiger charge is -2.14. The third-order valence-corrected chi connectivity index (χ3v) is 5.35. The van der Waals surface area contributed by atoms with Crippen LogP contribution in [-0.2, 0) is 0 Å². The zero-order valence-electron chi connectivity index (χ0n) is 19.5. The van der Waals surface area contributed by atoms with E-state index in [0.717, 1.165) is 27.9 Å². The summed E-state index contributed by atoms with van der Waals surface area (Å²) in [5.74, 6) is 2.26. The van der Waals surface area contributed by atoms with Crippen LogP contribution in [0.2, 0.25) is 0 Å². The third-order valence-electron chi connectivity index (χ3n) is 5.35. The normalized spacial score (nSPS) is 10.6. The molecule has 0 bridgehead atoms. The number of methoxy groups -OCH3 is 3. The second kappa shape index (κ2) is 10.1.